The molecule has 1 fully saturated rings. The summed E-state index contributed by atoms with van der Waals surface area (Å²) >= 11 is 0. The van der Waals surface area contributed by atoms with E-state index in [0.717, 1.165) is 5.56 Å². The second-order valence-corrected chi connectivity index (χ2v) is 18.7. The molecule has 17 nitrogen and oxygen atoms in total. The molecule has 0 unspecified atom stereocenters. The average molecular weight is 925 g/mol. The van der Waals surface area contributed by atoms with Crippen molar-refractivity contribution in [1.82, 2.24) is 30.2 Å². The van der Waals surface area contributed by atoms with Gasteiger partial charge in [0.1, 0.15) is 11.6 Å². The molecule has 3 N–H and O–H groups in total. The van der Waals surface area contributed by atoms with E-state index in [9.17, 15) is 43.5 Å². The van der Waals surface area contributed by atoms with Crippen molar-refractivity contribution in [2.45, 2.75) is 155 Å². The highest BCUT2D eigenvalue weighted by Gasteiger charge is 2.44. The maximum Gasteiger partial charge on any atom is 0.326 e. The molecule has 0 aliphatic carbocycles. The van der Waals surface area contributed by atoms with E-state index in [-0.39, 0.29) is 54.7 Å². The van der Waals surface area contributed by atoms with E-state index in [4.69, 9.17) is 9.47 Å². The van der Waals surface area contributed by atoms with Crippen molar-refractivity contribution < 1.29 is 52.9 Å². The summed E-state index contributed by atoms with van der Waals surface area (Å²) in [7, 11) is 6.34. The molecule has 0 spiro atoms. The summed E-state index contributed by atoms with van der Waals surface area (Å²) < 4.78 is 12.0. The summed E-state index contributed by atoms with van der Waals surface area (Å²) in [5.41, 5.74) is -0.611. The van der Waals surface area contributed by atoms with Gasteiger partial charge >= 0.3 is 5.97 Å². The lowest BCUT2D eigenvalue weighted by molar-refractivity contribution is -0.148. The average Bonchev–Trinajstić information content (AvgIpc) is 3.89. The number of carboxylic acid groups (broad SMARTS) is 1. The van der Waals surface area contributed by atoms with Crippen LogP contribution in [0.5, 0.6) is 0 Å². The Morgan fingerprint density at radius 2 is 1.52 bits per heavy atom. The van der Waals surface area contributed by atoms with Gasteiger partial charge in [-0.1, -0.05) is 84.2 Å². The first-order valence-electron chi connectivity index (χ1n) is 23.4. The number of unbranched alkanes of at least 4 members (excludes halogenated alkanes) is 3. The third-order valence-electron chi connectivity index (χ3n) is 13.6. The molecule has 1 aromatic carbocycles. The Kier molecular flexibility index (Phi) is 21.6. The van der Waals surface area contributed by atoms with Crippen molar-refractivity contribution in [3.63, 3.8) is 0 Å². The molecule has 2 heterocycles. The fourth-order valence-corrected chi connectivity index (χ4v) is 9.21. The standard InChI is InChI=1S/C49H76N6O11/c1-12-32(4)43(37(65-10)30-41(59)54-28-20-23-36(54)44(66-11)33(5)45(60)50-35(47(62)63)29-34-21-16-15-17-22-34)52(8)42(31(2)3)46(61)51-48(64)49(6,7)53(9)38(56)24-18-13-14-19-27-55-39(57)25-26-40(55)58/h15-17,21-22,25-26,31-33,35-37,42-44H,12-14,18-20,23-24,27-30H2,1-11H3,(H,50,60)(H,62,63)(H,51,61,64)/t32-,33+,35-,36-,37+,42-,43-,44+/m0/s1. The lowest BCUT2D eigenvalue weighted by Crippen LogP contribution is -2.62. The predicted molar refractivity (Wildman–Crippen MR) is 248 cm³/mol. The Hall–Kier alpha value is -5.00. The van der Waals surface area contributed by atoms with Gasteiger partial charge in [-0.05, 0) is 64.0 Å². The number of likely N-dealkylation sites (tertiary alicyclic amines) is 1. The van der Waals surface area contributed by atoms with Crippen LogP contribution >= 0.6 is 0 Å². The number of likely N-dealkylation sites (N-methyl/N-ethyl adjacent to an activating group) is 2. The smallest absolute Gasteiger partial charge is 0.326 e. The van der Waals surface area contributed by atoms with Crippen LogP contribution in [0.15, 0.2) is 42.5 Å². The van der Waals surface area contributed by atoms with Crippen molar-refractivity contribution >= 4 is 47.3 Å². The first-order valence-corrected chi connectivity index (χ1v) is 23.4. The van der Waals surface area contributed by atoms with Crippen LogP contribution in [0.1, 0.15) is 112 Å². The third-order valence-corrected chi connectivity index (χ3v) is 13.6. The lowest BCUT2D eigenvalue weighted by Gasteiger charge is -2.43. The zero-order chi connectivity index (χ0) is 49.5. The maximum absolute atomic E-state index is 14.4. The Morgan fingerprint density at radius 3 is 2.08 bits per heavy atom. The summed E-state index contributed by atoms with van der Waals surface area (Å²) in [4.78, 5) is 111. The Morgan fingerprint density at radius 1 is 0.894 bits per heavy atom. The summed E-state index contributed by atoms with van der Waals surface area (Å²) in [5, 5.41) is 15.2. The highest BCUT2D eigenvalue weighted by atomic mass is 16.5. The van der Waals surface area contributed by atoms with Crippen molar-refractivity contribution in [2.24, 2.45) is 17.8 Å². The monoisotopic (exact) mass is 925 g/mol. The van der Waals surface area contributed by atoms with Gasteiger partial charge in [-0.25, -0.2) is 4.79 Å². The van der Waals surface area contributed by atoms with Crippen molar-refractivity contribution in [3.05, 3.63) is 48.0 Å². The van der Waals surface area contributed by atoms with Gasteiger partial charge in [0.25, 0.3) is 17.7 Å². The van der Waals surface area contributed by atoms with E-state index in [2.05, 4.69) is 10.6 Å². The molecule has 0 saturated carbocycles. The summed E-state index contributed by atoms with van der Waals surface area (Å²) in [5.74, 6) is -5.10. The molecule has 17 heteroatoms. The van der Waals surface area contributed by atoms with E-state index in [1.165, 1.54) is 43.2 Å². The molecule has 1 saturated heterocycles. The quantitative estimate of drug-likeness (QED) is 0.0846. The van der Waals surface area contributed by atoms with Crippen molar-refractivity contribution in [1.29, 1.82) is 0 Å². The largest absolute Gasteiger partial charge is 0.480 e. The van der Waals surface area contributed by atoms with Crippen LogP contribution in [-0.2, 0) is 54.3 Å². The van der Waals surface area contributed by atoms with E-state index >= 15 is 0 Å². The number of imide groups is 2. The van der Waals surface area contributed by atoms with Gasteiger partial charge in [-0.2, -0.15) is 0 Å². The first kappa shape index (κ1) is 55.3. The number of rotatable bonds is 27. The van der Waals surface area contributed by atoms with Crippen LogP contribution in [0.4, 0.5) is 0 Å². The number of carboxylic acids is 1. The number of hydrogen-bond acceptors (Lipinski definition) is 11. The first-order chi connectivity index (χ1) is 31.1. The van der Waals surface area contributed by atoms with Gasteiger partial charge in [0, 0.05) is 65.4 Å². The number of nitrogens with one attached hydrogen (secondary N) is 2. The lowest BCUT2D eigenvalue weighted by atomic mass is 9.87. The molecule has 0 aromatic heterocycles. The predicted octanol–water partition coefficient (Wildman–Crippen LogP) is 3.97. The zero-order valence-electron chi connectivity index (χ0n) is 41.0. The second-order valence-electron chi connectivity index (χ2n) is 18.7. The highest BCUT2D eigenvalue weighted by molar-refractivity contribution is 6.12. The number of methoxy groups -OCH3 is 2. The van der Waals surface area contributed by atoms with Gasteiger partial charge in [-0.3, -0.25) is 48.7 Å². The minimum atomic E-state index is -1.38. The Bertz CT molecular complexity index is 1850. The molecule has 0 radical (unpaired) electrons. The summed E-state index contributed by atoms with van der Waals surface area (Å²) in [6.07, 6.45) is 5.86. The SMILES string of the molecule is CC[C@H](C)[C@@H]([C@@H](CC(=O)N1CCC[C@H]1[C@H](OC)[C@@H](C)C(=O)N[C@@H](Cc1ccccc1)C(=O)O)OC)N(C)[C@H](C(=O)NC(=O)C(C)(C)N(C)C(=O)CCCCCCN1C(=O)C=CC1=O)C(C)C. The topological polar surface area (TPSA) is 212 Å². The van der Waals surface area contributed by atoms with E-state index in [1.54, 1.807) is 57.0 Å². The number of carbonyl (C=O) groups is 8. The van der Waals surface area contributed by atoms with Crippen molar-refractivity contribution in [3.8, 4) is 0 Å². The van der Waals surface area contributed by atoms with Gasteiger partial charge in [0.05, 0.1) is 36.6 Å². The minimum Gasteiger partial charge on any atom is -0.480 e. The number of ether oxygens (including phenoxy) is 2. The molecule has 8 atom stereocenters. The summed E-state index contributed by atoms with van der Waals surface area (Å²) in [6.45, 7) is 13.4. The van der Waals surface area contributed by atoms with E-state index < -0.39 is 71.5 Å². The molecule has 7 amide bonds. The number of hydrogen-bond donors (Lipinski definition) is 3. The van der Waals surface area contributed by atoms with Gasteiger partial charge < -0.3 is 29.7 Å². The van der Waals surface area contributed by atoms with Crippen LogP contribution < -0.4 is 10.6 Å². The third kappa shape index (κ3) is 14.5. The van der Waals surface area contributed by atoms with Crippen molar-refractivity contribution in [2.75, 3.05) is 41.4 Å². The van der Waals surface area contributed by atoms with Gasteiger partial charge in [0.2, 0.25) is 23.6 Å². The number of benzene rings is 1. The molecular weight excluding hydrogens is 849 g/mol. The Labute approximate surface area is 391 Å². The summed E-state index contributed by atoms with van der Waals surface area (Å²) in [6, 6.07) is 6.14. The van der Waals surface area contributed by atoms with Crippen LogP contribution in [0, 0.1) is 17.8 Å². The Balaban J connectivity index is 1.68. The zero-order valence-corrected chi connectivity index (χ0v) is 41.0. The van der Waals surface area contributed by atoms with Crippen LogP contribution in [0.3, 0.4) is 0 Å². The highest BCUT2D eigenvalue weighted by Crippen LogP contribution is 2.31. The number of nitrogens with zero attached hydrogens (tertiary/aromatic N) is 4. The molecule has 368 valence electrons. The van der Waals surface area contributed by atoms with E-state index in [0.29, 0.717) is 58.0 Å². The number of amides is 7. The fraction of sp³-hybridized carbons (Fsp3) is 0.673. The molecule has 2 aliphatic heterocycles. The molecule has 2 aliphatic rings. The molecule has 1 aromatic rings. The minimum absolute atomic E-state index is 0.0396. The molecule has 3 rings (SSSR count). The number of aliphatic carboxylic acids is 1. The van der Waals surface area contributed by atoms with Gasteiger partial charge in [-0.15, -0.1) is 0 Å². The second kappa shape index (κ2) is 25.8. The molecule has 66 heavy (non-hydrogen) atoms. The van der Waals surface area contributed by atoms with E-state index in [1.807, 2.05) is 38.7 Å². The van der Waals surface area contributed by atoms with Gasteiger partial charge in [0.15, 0.2) is 0 Å². The van der Waals surface area contributed by atoms with Crippen LogP contribution in [0.25, 0.3) is 0 Å². The normalized spacial score (nSPS) is 18.5. The fourth-order valence-electron chi connectivity index (χ4n) is 9.21. The van der Waals surface area contributed by atoms with Crippen LogP contribution in [0.2, 0.25) is 0 Å². The number of carbonyl (C=O) groups excluding carboxylic acids is 7. The maximum atomic E-state index is 14.4. The van der Waals surface area contributed by atoms with Crippen LogP contribution in [-0.4, -0.2) is 155 Å². The molecular formula is C49H76N6O11. The molecule has 0 bridgehead atoms.